The molecule has 0 heterocycles. The van der Waals surface area contributed by atoms with E-state index in [1.54, 1.807) is 7.11 Å². The summed E-state index contributed by atoms with van der Waals surface area (Å²) in [5, 5.41) is 1.98. The van der Waals surface area contributed by atoms with Crippen molar-refractivity contribution in [1.29, 1.82) is 0 Å². The van der Waals surface area contributed by atoms with Crippen LogP contribution in [0.5, 0.6) is 5.75 Å². The van der Waals surface area contributed by atoms with Crippen LogP contribution in [0.3, 0.4) is 0 Å². The summed E-state index contributed by atoms with van der Waals surface area (Å²) >= 11 is 0. The van der Waals surface area contributed by atoms with E-state index in [1.165, 1.54) is 0 Å². The molecule has 0 aromatic heterocycles. The molecule has 0 saturated carbocycles. The molecule has 0 aliphatic heterocycles. The molecular weight excluding hydrogens is 214 g/mol. The monoisotopic (exact) mass is 229 g/mol. The van der Waals surface area contributed by atoms with E-state index in [4.69, 9.17) is 4.74 Å². The van der Waals surface area contributed by atoms with E-state index in [9.17, 15) is 4.79 Å². The van der Waals surface area contributed by atoms with Crippen molar-refractivity contribution in [2.75, 3.05) is 26.1 Å². The lowest BCUT2D eigenvalue weighted by Gasteiger charge is -2.16. The van der Waals surface area contributed by atoms with Gasteiger partial charge in [-0.05, 0) is 23.6 Å². The smallest absolute Gasteiger partial charge is 0.154 e. The number of aldehydes is 1. The normalized spacial score (nSPS) is 10.3. The van der Waals surface area contributed by atoms with Crippen LogP contribution in [0.15, 0.2) is 30.3 Å². The van der Waals surface area contributed by atoms with Gasteiger partial charge in [0.05, 0.1) is 12.7 Å². The van der Waals surface area contributed by atoms with E-state index in [0.29, 0.717) is 11.3 Å². The zero-order valence-electron chi connectivity index (χ0n) is 10.2. The highest BCUT2D eigenvalue weighted by Crippen LogP contribution is 2.32. The number of benzene rings is 2. The Morgan fingerprint density at radius 3 is 2.47 bits per heavy atom. The molecule has 0 spiro atoms. The number of hydrogen-bond acceptors (Lipinski definition) is 3. The number of hydrogen-bond donors (Lipinski definition) is 0. The molecule has 0 amide bonds. The second kappa shape index (κ2) is 4.45. The number of anilines is 1. The number of methoxy groups -OCH3 is 1. The van der Waals surface area contributed by atoms with Gasteiger partial charge in [0.2, 0.25) is 0 Å². The van der Waals surface area contributed by atoms with Crippen LogP contribution in [-0.4, -0.2) is 27.5 Å². The molecule has 2 aromatic carbocycles. The van der Waals surface area contributed by atoms with Gasteiger partial charge in [-0.3, -0.25) is 4.79 Å². The van der Waals surface area contributed by atoms with Crippen LogP contribution in [0.1, 0.15) is 10.4 Å². The molecule has 0 aliphatic rings. The van der Waals surface area contributed by atoms with E-state index < -0.39 is 0 Å². The Balaban J connectivity index is 2.83. The lowest BCUT2D eigenvalue weighted by atomic mass is 10.0. The van der Waals surface area contributed by atoms with Gasteiger partial charge in [-0.15, -0.1) is 0 Å². The maximum Gasteiger partial charge on any atom is 0.154 e. The third kappa shape index (κ3) is 1.84. The molecular formula is C14H15NO2. The zero-order valence-corrected chi connectivity index (χ0v) is 10.2. The summed E-state index contributed by atoms with van der Waals surface area (Å²) in [5.74, 6) is 0.614. The SMILES string of the molecule is COc1ccc2c(N(C)C)cccc2c1C=O. The Bertz CT molecular complexity index is 561. The van der Waals surface area contributed by atoms with E-state index in [-0.39, 0.29) is 0 Å². The molecule has 3 nitrogen and oxygen atoms in total. The van der Waals surface area contributed by atoms with Gasteiger partial charge in [0.25, 0.3) is 0 Å². The largest absolute Gasteiger partial charge is 0.496 e. The predicted molar refractivity (Wildman–Crippen MR) is 70.2 cm³/mol. The summed E-state index contributed by atoms with van der Waals surface area (Å²) < 4.78 is 5.20. The number of carbonyl (C=O) groups is 1. The Morgan fingerprint density at radius 2 is 1.88 bits per heavy atom. The Labute approximate surface area is 101 Å². The fraction of sp³-hybridized carbons (Fsp3) is 0.214. The molecule has 88 valence electrons. The molecule has 0 N–H and O–H groups in total. The van der Waals surface area contributed by atoms with Crippen LogP contribution >= 0.6 is 0 Å². The fourth-order valence-corrected chi connectivity index (χ4v) is 2.03. The van der Waals surface area contributed by atoms with Crippen molar-refractivity contribution in [3.05, 3.63) is 35.9 Å². The molecule has 2 aromatic rings. The minimum atomic E-state index is 0.605. The summed E-state index contributed by atoms with van der Waals surface area (Å²) in [6.45, 7) is 0. The summed E-state index contributed by atoms with van der Waals surface area (Å²) in [6, 6.07) is 9.73. The minimum absolute atomic E-state index is 0.605. The van der Waals surface area contributed by atoms with Gasteiger partial charge in [-0.25, -0.2) is 0 Å². The second-order valence-corrected chi connectivity index (χ2v) is 4.07. The summed E-state index contributed by atoms with van der Waals surface area (Å²) in [5.41, 5.74) is 1.70. The third-order valence-corrected chi connectivity index (χ3v) is 2.86. The van der Waals surface area contributed by atoms with Crippen LogP contribution in [0.4, 0.5) is 5.69 Å². The Morgan fingerprint density at radius 1 is 1.12 bits per heavy atom. The first-order chi connectivity index (χ1) is 8.19. The van der Waals surface area contributed by atoms with Crippen molar-refractivity contribution in [2.24, 2.45) is 0 Å². The number of ether oxygens (including phenoxy) is 1. The van der Waals surface area contributed by atoms with Crippen LogP contribution in [0, 0.1) is 0 Å². The van der Waals surface area contributed by atoms with E-state index >= 15 is 0 Å². The first kappa shape index (κ1) is 11.5. The van der Waals surface area contributed by atoms with Crippen LogP contribution in [0.2, 0.25) is 0 Å². The standard InChI is InChI=1S/C14H15NO2/c1-15(2)13-6-4-5-10-11(13)7-8-14(17-3)12(10)9-16/h4-9H,1-3H3. The molecule has 2 rings (SSSR count). The molecule has 0 bridgehead atoms. The first-order valence-electron chi connectivity index (χ1n) is 5.41. The van der Waals surface area contributed by atoms with Crippen molar-refractivity contribution in [2.45, 2.75) is 0 Å². The highest BCUT2D eigenvalue weighted by molar-refractivity contribution is 6.05. The number of rotatable bonds is 3. The molecule has 3 heteroatoms. The first-order valence-corrected chi connectivity index (χ1v) is 5.41. The van der Waals surface area contributed by atoms with E-state index in [0.717, 1.165) is 22.7 Å². The summed E-state index contributed by atoms with van der Waals surface area (Å²) in [4.78, 5) is 13.2. The molecule has 0 aliphatic carbocycles. The van der Waals surface area contributed by atoms with Gasteiger partial charge >= 0.3 is 0 Å². The summed E-state index contributed by atoms with van der Waals surface area (Å²) in [6.07, 6.45) is 0.848. The lowest BCUT2D eigenvalue weighted by Crippen LogP contribution is -2.09. The van der Waals surface area contributed by atoms with Crippen LogP contribution in [-0.2, 0) is 0 Å². The number of carbonyl (C=O) groups excluding carboxylic acids is 1. The van der Waals surface area contributed by atoms with Gasteiger partial charge in [0.1, 0.15) is 5.75 Å². The molecule has 0 unspecified atom stereocenters. The number of nitrogens with zero attached hydrogens (tertiary/aromatic N) is 1. The van der Waals surface area contributed by atoms with Crippen molar-refractivity contribution >= 4 is 22.7 Å². The highest BCUT2D eigenvalue weighted by atomic mass is 16.5. The van der Waals surface area contributed by atoms with Crippen molar-refractivity contribution < 1.29 is 9.53 Å². The van der Waals surface area contributed by atoms with Gasteiger partial charge in [0, 0.05) is 25.2 Å². The second-order valence-electron chi connectivity index (χ2n) is 4.07. The van der Waals surface area contributed by atoms with Crippen LogP contribution in [0.25, 0.3) is 10.8 Å². The van der Waals surface area contributed by atoms with Gasteiger partial charge in [-0.2, -0.15) is 0 Å². The molecule has 0 fully saturated rings. The zero-order chi connectivity index (χ0) is 12.4. The highest BCUT2D eigenvalue weighted by Gasteiger charge is 2.10. The lowest BCUT2D eigenvalue weighted by molar-refractivity contribution is 0.112. The maximum atomic E-state index is 11.2. The van der Waals surface area contributed by atoms with Crippen molar-refractivity contribution in [3.63, 3.8) is 0 Å². The molecule has 0 saturated heterocycles. The summed E-state index contributed by atoms with van der Waals surface area (Å²) in [7, 11) is 5.54. The predicted octanol–water partition coefficient (Wildman–Crippen LogP) is 2.73. The average molecular weight is 229 g/mol. The van der Waals surface area contributed by atoms with E-state index in [2.05, 4.69) is 0 Å². The van der Waals surface area contributed by atoms with Crippen molar-refractivity contribution in [3.8, 4) is 5.75 Å². The molecule has 0 atom stereocenters. The van der Waals surface area contributed by atoms with Gasteiger partial charge in [-0.1, -0.05) is 12.1 Å². The quantitative estimate of drug-likeness (QED) is 0.758. The third-order valence-electron chi connectivity index (χ3n) is 2.86. The fourth-order valence-electron chi connectivity index (χ4n) is 2.03. The van der Waals surface area contributed by atoms with E-state index in [1.807, 2.05) is 49.3 Å². The molecule has 0 radical (unpaired) electrons. The van der Waals surface area contributed by atoms with Gasteiger partial charge < -0.3 is 9.64 Å². The topological polar surface area (TPSA) is 29.5 Å². The average Bonchev–Trinajstić information content (AvgIpc) is 2.36. The Kier molecular flexibility index (Phi) is 3.00. The minimum Gasteiger partial charge on any atom is -0.496 e. The van der Waals surface area contributed by atoms with Crippen LogP contribution < -0.4 is 9.64 Å². The maximum absolute atomic E-state index is 11.2. The van der Waals surface area contributed by atoms with Gasteiger partial charge in [0.15, 0.2) is 6.29 Å². The number of fused-ring (bicyclic) bond motifs is 1. The van der Waals surface area contributed by atoms with Crippen molar-refractivity contribution in [1.82, 2.24) is 0 Å². The molecule has 17 heavy (non-hydrogen) atoms. The Hall–Kier alpha value is -2.03.